The summed E-state index contributed by atoms with van der Waals surface area (Å²) in [6, 6.07) is 9.24. The summed E-state index contributed by atoms with van der Waals surface area (Å²) >= 11 is 20.7. The molecule has 20 heavy (non-hydrogen) atoms. The highest BCUT2D eigenvalue weighted by Crippen LogP contribution is 2.32. The third-order valence-corrected chi connectivity index (χ3v) is 4.36. The molecule has 0 radical (unpaired) electrons. The van der Waals surface area contributed by atoms with Crippen molar-refractivity contribution in [2.45, 2.75) is 6.92 Å². The van der Waals surface area contributed by atoms with Gasteiger partial charge in [-0.1, -0.05) is 35.4 Å². The molecule has 0 saturated carbocycles. The molecule has 0 fully saturated rings. The van der Waals surface area contributed by atoms with Crippen molar-refractivity contribution in [2.75, 3.05) is 5.32 Å². The summed E-state index contributed by atoms with van der Waals surface area (Å²) in [6.07, 6.45) is 0. The molecule has 0 unspecified atom stereocenters. The number of benzene rings is 2. The van der Waals surface area contributed by atoms with Gasteiger partial charge in [0.25, 0.3) is 0 Å². The first-order valence-corrected chi connectivity index (χ1v) is 7.66. The zero-order chi connectivity index (χ0) is 14.9. The van der Waals surface area contributed by atoms with Crippen molar-refractivity contribution in [1.29, 1.82) is 0 Å². The SMILES string of the molecule is Cc1cc(Br)c(Nc2ccc(C(N)=S)c(Cl)c2)cc1Cl. The van der Waals surface area contributed by atoms with Crippen LogP contribution in [0.2, 0.25) is 10.0 Å². The molecular formula is C14H11BrCl2N2S. The quantitative estimate of drug-likeness (QED) is 0.686. The maximum atomic E-state index is 6.14. The summed E-state index contributed by atoms with van der Waals surface area (Å²) in [5.41, 5.74) is 8.94. The van der Waals surface area contributed by atoms with E-state index in [-0.39, 0.29) is 4.99 Å². The van der Waals surface area contributed by atoms with E-state index in [0.717, 1.165) is 21.4 Å². The lowest BCUT2D eigenvalue weighted by molar-refractivity contribution is 1.43. The fourth-order valence-corrected chi connectivity index (χ4v) is 2.93. The first-order valence-electron chi connectivity index (χ1n) is 5.70. The fourth-order valence-electron chi connectivity index (χ4n) is 1.69. The summed E-state index contributed by atoms with van der Waals surface area (Å²) in [7, 11) is 0. The standard InChI is InChI=1S/C14H11BrCl2N2S/c1-7-4-10(15)13(6-11(7)16)19-8-2-3-9(14(18)20)12(17)5-8/h2-6,19H,1H3,(H2,18,20). The van der Waals surface area contributed by atoms with E-state index in [9.17, 15) is 0 Å². The number of thiocarbonyl (C=S) groups is 1. The van der Waals surface area contributed by atoms with E-state index in [2.05, 4.69) is 21.2 Å². The highest BCUT2D eigenvalue weighted by molar-refractivity contribution is 9.10. The second kappa shape index (κ2) is 6.31. The molecule has 0 spiro atoms. The molecule has 2 aromatic carbocycles. The first-order chi connectivity index (χ1) is 9.38. The Morgan fingerprint density at radius 2 is 1.90 bits per heavy atom. The molecule has 0 aromatic heterocycles. The largest absolute Gasteiger partial charge is 0.389 e. The molecular weight excluding hydrogens is 379 g/mol. The summed E-state index contributed by atoms with van der Waals surface area (Å²) in [5, 5.41) is 4.45. The minimum absolute atomic E-state index is 0.279. The van der Waals surface area contributed by atoms with Gasteiger partial charge in [0.05, 0.1) is 10.7 Å². The lowest BCUT2D eigenvalue weighted by atomic mass is 10.2. The van der Waals surface area contributed by atoms with E-state index in [1.165, 1.54) is 0 Å². The van der Waals surface area contributed by atoms with Crippen LogP contribution in [0, 0.1) is 6.92 Å². The Hall–Kier alpha value is -0.810. The molecule has 104 valence electrons. The molecule has 0 saturated heterocycles. The molecule has 0 heterocycles. The van der Waals surface area contributed by atoms with Crippen LogP contribution in [0.15, 0.2) is 34.8 Å². The van der Waals surface area contributed by atoms with E-state index in [4.69, 9.17) is 41.2 Å². The van der Waals surface area contributed by atoms with Gasteiger partial charge in [0.1, 0.15) is 4.99 Å². The second-order valence-electron chi connectivity index (χ2n) is 4.27. The smallest absolute Gasteiger partial charge is 0.105 e. The number of halogens is 3. The van der Waals surface area contributed by atoms with Crippen molar-refractivity contribution < 1.29 is 0 Å². The van der Waals surface area contributed by atoms with Gasteiger partial charge in [0, 0.05) is 20.7 Å². The summed E-state index contributed by atoms with van der Waals surface area (Å²) in [6.45, 7) is 1.95. The Morgan fingerprint density at radius 3 is 2.50 bits per heavy atom. The molecule has 2 aromatic rings. The number of anilines is 2. The van der Waals surface area contributed by atoms with Gasteiger partial charge in [-0.2, -0.15) is 0 Å². The van der Waals surface area contributed by atoms with Crippen LogP contribution >= 0.6 is 51.3 Å². The topological polar surface area (TPSA) is 38.0 Å². The molecule has 0 atom stereocenters. The molecule has 3 N–H and O–H groups in total. The van der Waals surface area contributed by atoms with Gasteiger partial charge in [-0.25, -0.2) is 0 Å². The summed E-state index contributed by atoms with van der Waals surface area (Å²) in [5.74, 6) is 0. The van der Waals surface area contributed by atoms with Crippen molar-refractivity contribution >= 4 is 67.7 Å². The third-order valence-electron chi connectivity index (χ3n) is 2.76. The second-order valence-corrected chi connectivity index (χ2v) is 6.37. The Labute approximate surface area is 141 Å². The lowest BCUT2D eigenvalue weighted by Crippen LogP contribution is -2.09. The number of rotatable bonds is 3. The number of nitrogens with one attached hydrogen (secondary N) is 1. The Morgan fingerprint density at radius 1 is 1.20 bits per heavy atom. The van der Waals surface area contributed by atoms with Gasteiger partial charge >= 0.3 is 0 Å². The van der Waals surface area contributed by atoms with Crippen LogP contribution in [0.3, 0.4) is 0 Å². The van der Waals surface area contributed by atoms with Crippen LogP contribution in [0.1, 0.15) is 11.1 Å². The lowest BCUT2D eigenvalue weighted by Gasteiger charge is -2.12. The molecule has 2 rings (SSSR count). The van der Waals surface area contributed by atoms with E-state index in [1.807, 2.05) is 25.1 Å². The minimum Gasteiger partial charge on any atom is -0.389 e. The normalized spacial score (nSPS) is 10.4. The maximum absolute atomic E-state index is 6.14. The maximum Gasteiger partial charge on any atom is 0.105 e. The Kier molecular flexibility index (Phi) is 4.91. The van der Waals surface area contributed by atoms with Crippen molar-refractivity contribution in [2.24, 2.45) is 5.73 Å². The van der Waals surface area contributed by atoms with Gasteiger partial charge in [-0.05, 0) is 58.7 Å². The molecule has 2 nitrogen and oxygen atoms in total. The molecule has 6 heteroatoms. The number of hydrogen-bond donors (Lipinski definition) is 2. The van der Waals surface area contributed by atoms with Crippen LogP contribution in [0.5, 0.6) is 0 Å². The minimum atomic E-state index is 0.279. The van der Waals surface area contributed by atoms with Crippen LogP contribution in [-0.4, -0.2) is 4.99 Å². The van der Waals surface area contributed by atoms with E-state index < -0.39 is 0 Å². The van der Waals surface area contributed by atoms with Crippen LogP contribution < -0.4 is 11.1 Å². The highest BCUT2D eigenvalue weighted by Gasteiger charge is 2.07. The monoisotopic (exact) mass is 388 g/mol. The van der Waals surface area contributed by atoms with Crippen LogP contribution in [-0.2, 0) is 0 Å². The molecule has 0 aliphatic carbocycles. The zero-order valence-corrected chi connectivity index (χ0v) is 14.4. The van der Waals surface area contributed by atoms with E-state index in [1.54, 1.807) is 12.1 Å². The van der Waals surface area contributed by atoms with Crippen molar-refractivity contribution in [3.05, 3.63) is 56.0 Å². The van der Waals surface area contributed by atoms with Gasteiger partial charge in [0.15, 0.2) is 0 Å². The average molecular weight is 390 g/mol. The third kappa shape index (κ3) is 3.44. The van der Waals surface area contributed by atoms with Crippen molar-refractivity contribution in [3.8, 4) is 0 Å². The van der Waals surface area contributed by atoms with Crippen LogP contribution in [0.4, 0.5) is 11.4 Å². The number of nitrogens with two attached hydrogens (primary N) is 1. The van der Waals surface area contributed by atoms with Gasteiger partial charge in [-0.15, -0.1) is 0 Å². The molecule has 0 amide bonds. The zero-order valence-electron chi connectivity index (χ0n) is 10.5. The van der Waals surface area contributed by atoms with Gasteiger partial charge in [0.2, 0.25) is 0 Å². The molecule has 0 bridgehead atoms. The van der Waals surface area contributed by atoms with Gasteiger partial charge < -0.3 is 11.1 Å². The summed E-state index contributed by atoms with van der Waals surface area (Å²) < 4.78 is 0.925. The summed E-state index contributed by atoms with van der Waals surface area (Å²) in [4.78, 5) is 0.279. The molecule has 0 aliphatic heterocycles. The fraction of sp³-hybridized carbons (Fsp3) is 0.0714. The van der Waals surface area contributed by atoms with Gasteiger partial charge in [-0.3, -0.25) is 0 Å². The predicted octanol–water partition coefficient (Wildman–Crippen LogP) is 5.44. The average Bonchev–Trinajstić information content (AvgIpc) is 2.35. The Balaban J connectivity index is 2.33. The number of hydrogen-bond acceptors (Lipinski definition) is 2. The van der Waals surface area contributed by atoms with Crippen molar-refractivity contribution in [3.63, 3.8) is 0 Å². The number of aryl methyl sites for hydroxylation is 1. The Bertz CT molecular complexity index is 689. The predicted molar refractivity (Wildman–Crippen MR) is 94.5 cm³/mol. The highest BCUT2D eigenvalue weighted by atomic mass is 79.9. The molecule has 0 aliphatic rings. The van der Waals surface area contributed by atoms with E-state index in [0.29, 0.717) is 15.6 Å². The first kappa shape index (κ1) is 15.6. The van der Waals surface area contributed by atoms with Crippen molar-refractivity contribution in [1.82, 2.24) is 0 Å². The van der Waals surface area contributed by atoms with E-state index >= 15 is 0 Å². The van der Waals surface area contributed by atoms with Crippen LogP contribution in [0.25, 0.3) is 0 Å².